The van der Waals surface area contributed by atoms with Gasteiger partial charge in [0.1, 0.15) is 17.5 Å². The molecule has 0 aliphatic rings. The molecular formula is C13H24N4O. The Morgan fingerprint density at radius 3 is 2.72 bits per heavy atom. The summed E-state index contributed by atoms with van der Waals surface area (Å²) in [6.45, 7) is 6.44. The van der Waals surface area contributed by atoms with Crippen molar-refractivity contribution < 1.29 is 4.74 Å². The molecular weight excluding hydrogens is 228 g/mol. The normalized spacial score (nSPS) is 10.4. The van der Waals surface area contributed by atoms with Crippen molar-refractivity contribution in [1.29, 1.82) is 0 Å². The lowest BCUT2D eigenvalue weighted by Crippen LogP contribution is -2.24. The van der Waals surface area contributed by atoms with Gasteiger partial charge in [-0.2, -0.15) is 0 Å². The van der Waals surface area contributed by atoms with E-state index in [1.807, 2.05) is 27.1 Å². The predicted octanol–water partition coefficient (Wildman–Crippen LogP) is 1.94. The SMILES string of the molecule is CCCc1nc(NC)cc(N(C)CCOCC)n1. The maximum atomic E-state index is 5.36. The number of rotatable bonds is 8. The van der Waals surface area contributed by atoms with E-state index in [1.54, 1.807) is 0 Å². The van der Waals surface area contributed by atoms with E-state index in [2.05, 4.69) is 27.1 Å². The maximum absolute atomic E-state index is 5.36. The molecule has 0 radical (unpaired) electrons. The molecule has 18 heavy (non-hydrogen) atoms. The number of nitrogens with one attached hydrogen (secondary N) is 1. The van der Waals surface area contributed by atoms with Crippen LogP contribution in [0.1, 0.15) is 26.1 Å². The number of nitrogens with zero attached hydrogens (tertiary/aromatic N) is 3. The molecule has 0 fully saturated rings. The first kappa shape index (κ1) is 14.7. The second-order valence-electron chi connectivity index (χ2n) is 4.15. The van der Waals surface area contributed by atoms with Gasteiger partial charge in [-0.3, -0.25) is 0 Å². The second-order valence-corrected chi connectivity index (χ2v) is 4.15. The van der Waals surface area contributed by atoms with Crippen LogP contribution in [-0.2, 0) is 11.2 Å². The zero-order chi connectivity index (χ0) is 13.4. The molecule has 0 saturated heterocycles. The third-order valence-corrected chi connectivity index (χ3v) is 2.65. The quantitative estimate of drug-likeness (QED) is 0.717. The molecule has 0 unspecified atom stereocenters. The second kappa shape index (κ2) is 7.87. The van der Waals surface area contributed by atoms with Crippen LogP contribution in [0.2, 0.25) is 0 Å². The third-order valence-electron chi connectivity index (χ3n) is 2.65. The summed E-state index contributed by atoms with van der Waals surface area (Å²) in [5.74, 6) is 2.70. The topological polar surface area (TPSA) is 50.3 Å². The van der Waals surface area contributed by atoms with Crippen molar-refractivity contribution in [2.45, 2.75) is 26.7 Å². The van der Waals surface area contributed by atoms with E-state index < -0.39 is 0 Å². The van der Waals surface area contributed by atoms with Crippen molar-refractivity contribution in [3.63, 3.8) is 0 Å². The fraction of sp³-hybridized carbons (Fsp3) is 0.692. The Labute approximate surface area is 110 Å². The van der Waals surface area contributed by atoms with E-state index in [1.165, 1.54) is 0 Å². The molecule has 0 saturated carbocycles. The van der Waals surface area contributed by atoms with Gasteiger partial charge in [0.2, 0.25) is 0 Å². The van der Waals surface area contributed by atoms with Gasteiger partial charge in [0.25, 0.3) is 0 Å². The van der Waals surface area contributed by atoms with Crippen LogP contribution in [0.15, 0.2) is 6.07 Å². The standard InChI is InChI=1S/C13H24N4O/c1-5-7-11-15-12(14-3)10-13(16-11)17(4)8-9-18-6-2/h10H,5-9H2,1-4H3,(H,14,15,16). The van der Waals surface area contributed by atoms with Crippen molar-refractivity contribution in [1.82, 2.24) is 9.97 Å². The highest BCUT2D eigenvalue weighted by atomic mass is 16.5. The number of anilines is 2. The fourth-order valence-corrected chi connectivity index (χ4v) is 1.60. The highest BCUT2D eigenvalue weighted by Crippen LogP contribution is 2.15. The van der Waals surface area contributed by atoms with Crippen LogP contribution in [0.4, 0.5) is 11.6 Å². The molecule has 0 aliphatic carbocycles. The van der Waals surface area contributed by atoms with Crippen molar-refractivity contribution in [3.8, 4) is 0 Å². The minimum Gasteiger partial charge on any atom is -0.380 e. The smallest absolute Gasteiger partial charge is 0.134 e. The average molecular weight is 252 g/mol. The number of ether oxygens (including phenoxy) is 1. The van der Waals surface area contributed by atoms with Gasteiger partial charge in [0.05, 0.1) is 6.61 Å². The van der Waals surface area contributed by atoms with Crippen molar-refractivity contribution in [2.24, 2.45) is 0 Å². The van der Waals surface area contributed by atoms with E-state index in [9.17, 15) is 0 Å². The van der Waals surface area contributed by atoms with E-state index in [0.29, 0.717) is 0 Å². The Morgan fingerprint density at radius 1 is 1.33 bits per heavy atom. The Balaban J connectivity index is 2.75. The summed E-state index contributed by atoms with van der Waals surface area (Å²) in [5, 5.41) is 3.08. The molecule has 0 bridgehead atoms. The molecule has 102 valence electrons. The van der Waals surface area contributed by atoms with Gasteiger partial charge in [0, 0.05) is 39.7 Å². The number of hydrogen-bond donors (Lipinski definition) is 1. The van der Waals surface area contributed by atoms with E-state index in [-0.39, 0.29) is 0 Å². The van der Waals surface area contributed by atoms with Gasteiger partial charge in [-0.1, -0.05) is 6.92 Å². The summed E-state index contributed by atoms with van der Waals surface area (Å²) in [6, 6.07) is 1.96. The number of aromatic nitrogens is 2. The fourth-order valence-electron chi connectivity index (χ4n) is 1.60. The molecule has 1 aromatic rings. The zero-order valence-electron chi connectivity index (χ0n) is 11.9. The Morgan fingerprint density at radius 2 is 2.11 bits per heavy atom. The largest absolute Gasteiger partial charge is 0.380 e. The summed E-state index contributed by atoms with van der Waals surface area (Å²) in [6.07, 6.45) is 1.96. The lowest BCUT2D eigenvalue weighted by Gasteiger charge is -2.19. The molecule has 0 aromatic carbocycles. The Kier molecular flexibility index (Phi) is 6.43. The summed E-state index contributed by atoms with van der Waals surface area (Å²) >= 11 is 0. The van der Waals surface area contributed by atoms with Crippen LogP contribution < -0.4 is 10.2 Å². The highest BCUT2D eigenvalue weighted by Gasteiger charge is 2.07. The molecule has 1 rings (SSSR count). The van der Waals surface area contributed by atoms with Gasteiger partial charge in [-0.15, -0.1) is 0 Å². The number of hydrogen-bond acceptors (Lipinski definition) is 5. The van der Waals surface area contributed by atoms with Crippen molar-refractivity contribution >= 4 is 11.6 Å². The summed E-state index contributed by atoms with van der Waals surface area (Å²) in [4.78, 5) is 11.1. The van der Waals surface area contributed by atoms with Gasteiger partial charge in [-0.05, 0) is 13.3 Å². The monoisotopic (exact) mass is 252 g/mol. The van der Waals surface area contributed by atoms with Crippen LogP contribution in [0, 0.1) is 0 Å². The molecule has 1 N–H and O–H groups in total. The van der Waals surface area contributed by atoms with Crippen molar-refractivity contribution in [2.75, 3.05) is 44.1 Å². The summed E-state index contributed by atoms with van der Waals surface area (Å²) < 4.78 is 5.36. The summed E-state index contributed by atoms with van der Waals surface area (Å²) in [7, 11) is 3.90. The molecule has 1 aromatic heterocycles. The number of likely N-dealkylation sites (N-methyl/N-ethyl adjacent to an activating group) is 1. The molecule has 0 atom stereocenters. The van der Waals surface area contributed by atoms with Gasteiger partial charge in [0.15, 0.2) is 0 Å². The molecule has 0 spiro atoms. The first-order chi connectivity index (χ1) is 8.71. The van der Waals surface area contributed by atoms with Gasteiger partial charge >= 0.3 is 0 Å². The molecule has 0 aliphatic heterocycles. The minimum atomic E-state index is 0.717. The Hall–Kier alpha value is -1.36. The Bertz CT molecular complexity index is 357. The predicted molar refractivity (Wildman–Crippen MR) is 75.3 cm³/mol. The van der Waals surface area contributed by atoms with Crippen molar-refractivity contribution in [3.05, 3.63) is 11.9 Å². The van der Waals surface area contributed by atoms with E-state index >= 15 is 0 Å². The van der Waals surface area contributed by atoms with Gasteiger partial charge in [-0.25, -0.2) is 9.97 Å². The van der Waals surface area contributed by atoms with Crippen LogP contribution >= 0.6 is 0 Å². The molecule has 5 nitrogen and oxygen atoms in total. The van der Waals surface area contributed by atoms with Gasteiger partial charge < -0.3 is 15.0 Å². The van der Waals surface area contributed by atoms with Crippen LogP contribution in [0.5, 0.6) is 0 Å². The zero-order valence-corrected chi connectivity index (χ0v) is 11.9. The minimum absolute atomic E-state index is 0.717. The number of aryl methyl sites for hydroxylation is 1. The first-order valence-electron chi connectivity index (χ1n) is 6.55. The van der Waals surface area contributed by atoms with E-state index in [4.69, 9.17) is 4.74 Å². The highest BCUT2D eigenvalue weighted by molar-refractivity contribution is 5.48. The maximum Gasteiger partial charge on any atom is 0.134 e. The van der Waals surface area contributed by atoms with Crippen LogP contribution in [-0.4, -0.2) is 43.8 Å². The van der Waals surface area contributed by atoms with Crippen LogP contribution in [0.3, 0.4) is 0 Å². The average Bonchev–Trinajstić information content (AvgIpc) is 2.39. The molecule has 0 amide bonds. The molecule has 5 heteroatoms. The van der Waals surface area contributed by atoms with Crippen LogP contribution in [0.25, 0.3) is 0 Å². The summed E-state index contributed by atoms with van der Waals surface area (Å²) in [5.41, 5.74) is 0. The molecule has 1 heterocycles. The third kappa shape index (κ3) is 4.49. The van der Waals surface area contributed by atoms with E-state index in [0.717, 1.165) is 50.1 Å². The first-order valence-corrected chi connectivity index (χ1v) is 6.55. The lowest BCUT2D eigenvalue weighted by atomic mass is 10.3. The lowest BCUT2D eigenvalue weighted by molar-refractivity contribution is 0.154.